The Balaban J connectivity index is 1.82. The molecular formula is C18H22FNO2S. The topological polar surface area (TPSA) is 30.5 Å². The summed E-state index contributed by atoms with van der Waals surface area (Å²) in [6.07, 6.45) is 4.24. The summed E-state index contributed by atoms with van der Waals surface area (Å²) in [7, 11) is 1.71. The van der Waals surface area contributed by atoms with Crippen LogP contribution < -0.4 is 10.1 Å². The van der Waals surface area contributed by atoms with Crippen LogP contribution in [0, 0.1) is 12.7 Å². The maximum atomic E-state index is 13.7. The Morgan fingerprint density at radius 2 is 1.91 bits per heavy atom. The van der Waals surface area contributed by atoms with Gasteiger partial charge in [0.1, 0.15) is 17.7 Å². The quantitative estimate of drug-likeness (QED) is 0.807. The molecule has 23 heavy (non-hydrogen) atoms. The largest absolute Gasteiger partial charge is 0.485 e. The van der Waals surface area contributed by atoms with Crippen LogP contribution >= 0.6 is 11.3 Å². The molecule has 1 aromatic carbocycles. The summed E-state index contributed by atoms with van der Waals surface area (Å²) in [5.74, 6) is 0.252. The van der Waals surface area contributed by atoms with Gasteiger partial charge in [-0.05, 0) is 49.8 Å². The fraction of sp³-hybridized carbons (Fsp3) is 0.444. The van der Waals surface area contributed by atoms with Crippen molar-refractivity contribution in [3.63, 3.8) is 0 Å². The minimum absolute atomic E-state index is 0.0281. The lowest BCUT2D eigenvalue weighted by Gasteiger charge is -2.31. The number of nitrogens with one attached hydrogen (secondary N) is 1. The molecule has 2 aromatic rings. The molecule has 1 fully saturated rings. The van der Waals surface area contributed by atoms with E-state index in [9.17, 15) is 4.39 Å². The highest BCUT2D eigenvalue weighted by atomic mass is 32.1. The number of halogens is 1. The van der Waals surface area contributed by atoms with Crippen molar-refractivity contribution in [2.75, 3.05) is 12.4 Å². The van der Waals surface area contributed by atoms with Gasteiger partial charge in [0.05, 0.1) is 17.5 Å². The molecule has 2 atom stereocenters. The van der Waals surface area contributed by atoms with E-state index < -0.39 is 0 Å². The number of anilines is 2. The molecule has 1 aliphatic rings. The zero-order chi connectivity index (χ0) is 16.2. The first-order chi connectivity index (χ1) is 11.2. The molecule has 0 saturated heterocycles. The number of methoxy groups -OCH3 is 1. The van der Waals surface area contributed by atoms with Crippen LogP contribution in [-0.2, 0) is 4.74 Å². The van der Waals surface area contributed by atoms with Gasteiger partial charge < -0.3 is 14.8 Å². The van der Waals surface area contributed by atoms with Crippen LogP contribution in [-0.4, -0.2) is 19.3 Å². The van der Waals surface area contributed by atoms with Gasteiger partial charge in [0.2, 0.25) is 0 Å². The smallest absolute Gasteiger partial charge is 0.146 e. The van der Waals surface area contributed by atoms with Crippen molar-refractivity contribution >= 4 is 22.7 Å². The van der Waals surface area contributed by atoms with Crippen LogP contribution in [0.15, 0.2) is 29.6 Å². The first-order valence-corrected chi connectivity index (χ1v) is 8.85. The van der Waals surface area contributed by atoms with Gasteiger partial charge in [-0.25, -0.2) is 4.39 Å². The highest BCUT2D eigenvalue weighted by Crippen LogP contribution is 2.34. The summed E-state index contributed by atoms with van der Waals surface area (Å²) < 4.78 is 25.4. The molecule has 0 spiro atoms. The highest BCUT2D eigenvalue weighted by Gasteiger charge is 2.27. The fourth-order valence-corrected chi connectivity index (χ4v) is 3.64. The van der Waals surface area contributed by atoms with Gasteiger partial charge in [0, 0.05) is 18.1 Å². The van der Waals surface area contributed by atoms with Crippen LogP contribution in [0.25, 0.3) is 0 Å². The van der Waals surface area contributed by atoms with Gasteiger partial charge in [-0.3, -0.25) is 0 Å². The molecular weight excluding hydrogens is 313 g/mol. The van der Waals surface area contributed by atoms with E-state index in [1.54, 1.807) is 24.5 Å². The highest BCUT2D eigenvalue weighted by molar-refractivity contribution is 7.10. The molecule has 124 valence electrons. The third-order valence-electron chi connectivity index (χ3n) is 4.29. The van der Waals surface area contributed by atoms with E-state index in [1.165, 1.54) is 17.0 Å². The summed E-state index contributed by atoms with van der Waals surface area (Å²) in [4.78, 5) is 1.19. The standard InChI is InChI=1S/C18H22FNO2S/c1-12-14(9-10-23-12)20-15-8-7-13(19)11-18(15)22-17-6-4-3-5-16(17)21-2/h7-11,16-17,20H,3-6H2,1-2H3/t16-,17+/m0/s1. The van der Waals surface area contributed by atoms with E-state index in [0.717, 1.165) is 37.1 Å². The Bertz CT molecular complexity index is 658. The first-order valence-electron chi connectivity index (χ1n) is 7.97. The predicted octanol–water partition coefficient (Wildman–Crippen LogP) is 5.28. The van der Waals surface area contributed by atoms with Crippen molar-refractivity contribution in [2.24, 2.45) is 0 Å². The monoisotopic (exact) mass is 335 g/mol. The average molecular weight is 335 g/mol. The third-order valence-corrected chi connectivity index (χ3v) is 5.14. The Labute approximate surface area is 140 Å². The summed E-state index contributed by atoms with van der Waals surface area (Å²) >= 11 is 1.67. The van der Waals surface area contributed by atoms with E-state index in [4.69, 9.17) is 9.47 Å². The second-order valence-electron chi connectivity index (χ2n) is 5.87. The van der Waals surface area contributed by atoms with E-state index in [-0.39, 0.29) is 18.0 Å². The van der Waals surface area contributed by atoms with Crippen LogP contribution in [0.2, 0.25) is 0 Å². The normalized spacial score (nSPS) is 21.2. The van der Waals surface area contributed by atoms with Crippen molar-refractivity contribution in [3.8, 4) is 5.75 Å². The molecule has 1 saturated carbocycles. The number of rotatable bonds is 5. The molecule has 0 aliphatic heterocycles. The average Bonchev–Trinajstić information content (AvgIpc) is 2.95. The van der Waals surface area contributed by atoms with Crippen LogP contribution in [0.3, 0.4) is 0 Å². The summed E-state index contributed by atoms with van der Waals surface area (Å²) in [6.45, 7) is 2.05. The number of hydrogen-bond acceptors (Lipinski definition) is 4. The molecule has 0 amide bonds. The molecule has 1 aliphatic carbocycles. The van der Waals surface area contributed by atoms with Gasteiger partial charge in [0.25, 0.3) is 0 Å². The van der Waals surface area contributed by atoms with Gasteiger partial charge >= 0.3 is 0 Å². The summed E-state index contributed by atoms with van der Waals surface area (Å²) in [6, 6.07) is 6.65. The van der Waals surface area contributed by atoms with Crippen LogP contribution in [0.4, 0.5) is 15.8 Å². The van der Waals surface area contributed by atoms with Gasteiger partial charge in [-0.1, -0.05) is 6.42 Å². The molecule has 1 heterocycles. The lowest BCUT2D eigenvalue weighted by Crippen LogP contribution is -2.36. The molecule has 0 bridgehead atoms. The van der Waals surface area contributed by atoms with E-state index in [2.05, 4.69) is 12.2 Å². The molecule has 0 radical (unpaired) electrons. The zero-order valence-electron chi connectivity index (χ0n) is 13.5. The van der Waals surface area contributed by atoms with Crippen molar-refractivity contribution in [2.45, 2.75) is 44.8 Å². The molecule has 3 nitrogen and oxygen atoms in total. The maximum Gasteiger partial charge on any atom is 0.146 e. The second-order valence-corrected chi connectivity index (χ2v) is 6.99. The Morgan fingerprint density at radius 1 is 1.13 bits per heavy atom. The lowest BCUT2D eigenvalue weighted by atomic mass is 9.94. The number of ether oxygens (including phenoxy) is 2. The lowest BCUT2D eigenvalue weighted by molar-refractivity contribution is -0.0227. The van der Waals surface area contributed by atoms with Crippen molar-refractivity contribution in [3.05, 3.63) is 40.3 Å². The number of aryl methyl sites for hydroxylation is 1. The van der Waals surface area contributed by atoms with E-state index >= 15 is 0 Å². The van der Waals surface area contributed by atoms with Crippen LogP contribution in [0.1, 0.15) is 30.6 Å². The van der Waals surface area contributed by atoms with Crippen molar-refractivity contribution in [1.82, 2.24) is 0 Å². The SMILES string of the molecule is CO[C@H]1CCCC[C@H]1Oc1cc(F)ccc1Nc1ccsc1C. The van der Waals surface area contributed by atoms with E-state index in [0.29, 0.717) is 5.75 Å². The Hall–Kier alpha value is -1.59. The fourth-order valence-electron chi connectivity index (χ4n) is 2.99. The minimum Gasteiger partial charge on any atom is -0.485 e. The van der Waals surface area contributed by atoms with Crippen molar-refractivity contribution < 1.29 is 13.9 Å². The maximum absolute atomic E-state index is 13.7. The first kappa shape index (κ1) is 16.3. The molecule has 1 aromatic heterocycles. The van der Waals surface area contributed by atoms with Crippen molar-refractivity contribution in [1.29, 1.82) is 0 Å². The predicted molar refractivity (Wildman–Crippen MR) is 92.4 cm³/mol. The van der Waals surface area contributed by atoms with Gasteiger partial charge in [-0.15, -0.1) is 11.3 Å². The minimum atomic E-state index is -0.294. The van der Waals surface area contributed by atoms with E-state index in [1.807, 2.05) is 11.4 Å². The van der Waals surface area contributed by atoms with Crippen LogP contribution in [0.5, 0.6) is 5.75 Å². The number of benzene rings is 1. The number of thiophene rings is 1. The molecule has 3 rings (SSSR count). The second kappa shape index (κ2) is 7.32. The Kier molecular flexibility index (Phi) is 5.18. The molecule has 5 heteroatoms. The molecule has 1 N–H and O–H groups in total. The molecule has 0 unspecified atom stereocenters. The Morgan fingerprint density at radius 3 is 2.61 bits per heavy atom. The summed E-state index contributed by atoms with van der Waals surface area (Å²) in [5.41, 5.74) is 1.81. The van der Waals surface area contributed by atoms with Gasteiger partial charge in [-0.2, -0.15) is 0 Å². The number of hydrogen-bond donors (Lipinski definition) is 1. The summed E-state index contributed by atoms with van der Waals surface area (Å²) in [5, 5.41) is 5.38. The van der Waals surface area contributed by atoms with Gasteiger partial charge in [0.15, 0.2) is 0 Å². The third kappa shape index (κ3) is 3.85. The zero-order valence-corrected chi connectivity index (χ0v) is 14.3.